The predicted molar refractivity (Wildman–Crippen MR) is 63.3 cm³/mol. The Morgan fingerprint density at radius 2 is 2.40 bits per heavy atom. The van der Waals surface area contributed by atoms with Crippen LogP contribution in [-0.2, 0) is 4.74 Å². The Morgan fingerprint density at radius 3 is 2.93 bits per heavy atom. The van der Waals surface area contributed by atoms with Gasteiger partial charge in [-0.1, -0.05) is 0 Å². The molecule has 15 heavy (non-hydrogen) atoms. The second-order valence-electron chi connectivity index (χ2n) is 3.64. The molecule has 0 unspecified atom stereocenters. The fourth-order valence-electron chi connectivity index (χ4n) is 1.57. The molecule has 1 aromatic heterocycles. The van der Waals surface area contributed by atoms with E-state index in [0.29, 0.717) is 6.10 Å². The highest BCUT2D eigenvalue weighted by Crippen LogP contribution is 2.24. The van der Waals surface area contributed by atoms with Crippen molar-refractivity contribution in [3.8, 4) is 0 Å². The molecule has 5 heteroatoms. The lowest BCUT2D eigenvalue weighted by Crippen LogP contribution is -2.47. The minimum absolute atomic E-state index is 0.0107. The Balaban J connectivity index is 1.84. The van der Waals surface area contributed by atoms with E-state index in [1.807, 2.05) is 11.4 Å². The average Bonchev–Trinajstić information content (AvgIpc) is 2.57. The van der Waals surface area contributed by atoms with E-state index < -0.39 is 0 Å². The van der Waals surface area contributed by atoms with Crippen LogP contribution in [0, 0.1) is 0 Å². The second kappa shape index (κ2) is 4.63. The third-order valence-corrected chi connectivity index (χ3v) is 4.10. The lowest BCUT2D eigenvalue weighted by atomic mass is 9.89. The molecule has 1 amide bonds. The number of methoxy groups -OCH3 is 1. The quantitative estimate of drug-likeness (QED) is 0.928. The van der Waals surface area contributed by atoms with Gasteiger partial charge in [-0.2, -0.15) is 0 Å². The van der Waals surface area contributed by atoms with Crippen LogP contribution in [0.25, 0.3) is 0 Å². The number of hydrogen-bond donors (Lipinski definition) is 1. The number of carbonyl (C=O) groups is 1. The molecule has 0 aromatic carbocycles. The summed E-state index contributed by atoms with van der Waals surface area (Å²) in [6.07, 6.45) is 2.17. The van der Waals surface area contributed by atoms with Crippen LogP contribution in [0.2, 0.25) is 0 Å². The lowest BCUT2D eigenvalue weighted by molar-refractivity contribution is 0.0176. The van der Waals surface area contributed by atoms with Gasteiger partial charge in [-0.05, 0) is 34.8 Å². The monoisotopic (exact) mass is 289 g/mol. The molecule has 1 aliphatic carbocycles. The Labute approximate surface area is 101 Å². The number of halogens is 1. The van der Waals surface area contributed by atoms with Gasteiger partial charge in [0.1, 0.15) is 0 Å². The van der Waals surface area contributed by atoms with Crippen molar-refractivity contribution >= 4 is 33.2 Å². The van der Waals surface area contributed by atoms with Crippen molar-refractivity contribution in [3.05, 3.63) is 20.8 Å². The summed E-state index contributed by atoms with van der Waals surface area (Å²) in [6, 6.07) is 2.12. The van der Waals surface area contributed by atoms with E-state index in [-0.39, 0.29) is 11.9 Å². The topological polar surface area (TPSA) is 38.3 Å². The zero-order chi connectivity index (χ0) is 10.8. The number of carbonyl (C=O) groups excluding carboxylic acids is 1. The van der Waals surface area contributed by atoms with E-state index >= 15 is 0 Å². The van der Waals surface area contributed by atoms with Gasteiger partial charge in [-0.25, -0.2) is 0 Å². The van der Waals surface area contributed by atoms with Gasteiger partial charge in [-0.15, -0.1) is 11.3 Å². The maximum absolute atomic E-state index is 11.7. The first-order chi connectivity index (χ1) is 7.19. The summed E-state index contributed by atoms with van der Waals surface area (Å²) in [7, 11) is 1.71. The summed E-state index contributed by atoms with van der Waals surface area (Å²) in [5.41, 5.74) is 0.729. The largest absolute Gasteiger partial charge is 0.381 e. The minimum atomic E-state index is 0.0107. The van der Waals surface area contributed by atoms with Crippen molar-refractivity contribution in [1.82, 2.24) is 5.32 Å². The first-order valence-corrected chi connectivity index (χ1v) is 6.44. The Bertz CT molecular complexity index is 360. The molecule has 0 bridgehead atoms. The van der Waals surface area contributed by atoms with Gasteiger partial charge in [0.05, 0.1) is 15.5 Å². The number of ether oxygens (including phenoxy) is 1. The molecule has 1 aliphatic rings. The smallest absolute Gasteiger partial charge is 0.252 e. The Kier molecular flexibility index (Phi) is 3.43. The fourth-order valence-corrected chi connectivity index (χ4v) is 2.71. The molecule has 82 valence electrons. The van der Waals surface area contributed by atoms with E-state index in [2.05, 4.69) is 21.2 Å². The van der Waals surface area contributed by atoms with Gasteiger partial charge in [0, 0.05) is 18.5 Å². The van der Waals surface area contributed by atoms with E-state index in [0.717, 1.165) is 22.2 Å². The molecule has 0 atom stereocenters. The van der Waals surface area contributed by atoms with Gasteiger partial charge < -0.3 is 10.1 Å². The lowest BCUT2D eigenvalue weighted by Gasteiger charge is -2.34. The number of nitrogens with one attached hydrogen (secondary N) is 1. The van der Waals surface area contributed by atoms with Crippen molar-refractivity contribution in [2.45, 2.75) is 25.0 Å². The van der Waals surface area contributed by atoms with E-state index in [4.69, 9.17) is 4.74 Å². The first kappa shape index (κ1) is 11.1. The molecule has 1 fully saturated rings. The van der Waals surface area contributed by atoms with Crippen molar-refractivity contribution in [2.24, 2.45) is 0 Å². The molecular formula is C10H12BrNO2S. The summed E-state index contributed by atoms with van der Waals surface area (Å²) in [4.78, 5) is 11.7. The van der Waals surface area contributed by atoms with E-state index in [9.17, 15) is 4.79 Å². The predicted octanol–water partition coefficient (Wildman–Crippen LogP) is 2.42. The molecule has 0 aliphatic heterocycles. The third-order valence-electron chi connectivity index (χ3n) is 2.59. The highest BCUT2D eigenvalue weighted by atomic mass is 79.9. The van der Waals surface area contributed by atoms with Crippen LogP contribution >= 0.6 is 27.3 Å². The summed E-state index contributed by atoms with van der Waals surface area (Å²) in [5.74, 6) is 0.0107. The molecule has 1 aromatic rings. The van der Waals surface area contributed by atoms with Gasteiger partial charge in [-0.3, -0.25) is 4.79 Å². The molecule has 2 rings (SSSR count). The molecule has 1 heterocycles. The first-order valence-electron chi connectivity index (χ1n) is 4.76. The van der Waals surface area contributed by atoms with Crippen molar-refractivity contribution in [1.29, 1.82) is 0 Å². The molecular weight excluding hydrogens is 278 g/mol. The number of thiophene rings is 1. The fraction of sp³-hybridized carbons (Fsp3) is 0.500. The van der Waals surface area contributed by atoms with Crippen LogP contribution in [0.1, 0.15) is 23.2 Å². The van der Waals surface area contributed by atoms with E-state index in [1.54, 1.807) is 7.11 Å². The average molecular weight is 290 g/mol. The van der Waals surface area contributed by atoms with Crippen LogP contribution in [0.15, 0.2) is 15.2 Å². The number of amides is 1. The summed E-state index contributed by atoms with van der Waals surface area (Å²) in [6.45, 7) is 0. The molecule has 0 spiro atoms. The van der Waals surface area contributed by atoms with Crippen molar-refractivity contribution in [3.63, 3.8) is 0 Å². The standard InChI is InChI=1S/C10H12BrNO2S/c1-14-8-3-7(4-8)12-10(13)6-2-9(11)15-5-6/h2,5,7-8H,3-4H2,1H3,(H,12,13). The van der Waals surface area contributed by atoms with Gasteiger partial charge in [0.2, 0.25) is 0 Å². The molecule has 3 nitrogen and oxygen atoms in total. The highest BCUT2D eigenvalue weighted by Gasteiger charge is 2.30. The highest BCUT2D eigenvalue weighted by molar-refractivity contribution is 9.11. The van der Waals surface area contributed by atoms with Crippen LogP contribution in [0.3, 0.4) is 0 Å². The van der Waals surface area contributed by atoms with Crippen LogP contribution in [0.4, 0.5) is 0 Å². The normalized spacial score (nSPS) is 24.7. The van der Waals surface area contributed by atoms with Crippen molar-refractivity contribution < 1.29 is 9.53 Å². The SMILES string of the molecule is COC1CC(NC(=O)c2csc(Br)c2)C1. The zero-order valence-electron chi connectivity index (χ0n) is 8.33. The summed E-state index contributed by atoms with van der Waals surface area (Å²) in [5, 5.41) is 4.83. The molecule has 0 radical (unpaired) electrons. The van der Waals surface area contributed by atoms with Gasteiger partial charge in [0.15, 0.2) is 0 Å². The Hall–Kier alpha value is -0.390. The second-order valence-corrected chi connectivity index (χ2v) is 5.93. The molecule has 1 saturated carbocycles. The number of rotatable bonds is 3. The van der Waals surface area contributed by atoms with Crippen LogP contribution < -0.4 is 5.32 Å². The maximum atomic E-state index is 11.7. The number of hydrogen-bond acceptors (Lipinski definition) is 3. The minimum Gasteiger partial charge on any atom is -0.381 e. The third kappa shape index (κ3) is 2.59. The van der Waals surface area contributed by atoms with Crippen LogP contribution in [0.5, 0.6) is 0 Å². The summed E-state index contributed by atoms with van der Waals surface area (Å²) >= 11 is 4.86. The summed E-state index contributed by atoms with van der Waals surface area (Å²) < 4.78 is 6.13. The maximum Gasteiger partial charge on any atom is 0.252 e. The molecule has 1 N–H and O–H groups in total. The van der Waals surface area contributed by atoms with Gasteiger partial charge in [0.25, 0.3) is 5.91 Å². The zero-order valence-corrected chi connectivity index (χ0v) is 10.7. The Morgan fingerprint density at radius 1 is 1.67 bits per heavy atom. The van der Waals surface area contributed by atoms with Crippen LogP contribution in [-0.4, -0.2) is 25.2 Å². The van der Waals surface area contributed by atoms with E-state index in [1.165, 1.54) is 11.3 Å². The van der Waals surface area contributed by atoms with Gasteiger partial charge >= 0.3 is 0 Å². The molecule has 0 saturated heterocycles. The van der Waals surface area contributed by atoms with Crippen molar-refractivity contribution in [2.75, 3.05) is 7.11 Å².